The lowest BCUT2D eigenvalue weighted by molar-refractivity contribution is -0.149. The van der Waals surface area contributed by atoms with Crippen LogP contribution in [0.3, 0.4) is 0 Å². The van der Waals surface area contributed by atoms with E-state index in [1.54, 1.807) is 0 Å². The molecule has 0 saturated carbocycles. The molecule has 0 aliphatic heterocycles. The Bertz CT molecular complexity index is 287. The molecule has 4 heteroatoms. The van der Waals surface area contributed by atoms with Gasteiger partial charge in [-0.2, -0.15) is 0 Å². The van der Waals surface area contributed by atoms with E-state index < -0.39 is 0 Å². The van der Waals surface area contributed by atoms with Gasteiger partial charge in [0.1, 0.15) is 0 Å². The summed E-state index contributed by atoms with van der Waals surface area (Å²) in [5, 5.41) is 0. The number of ether oxygens (including phenoxy) is 2. The van der Waals surface area contributed by atoms with E-state index in [2.05, 4.69) is 20.8 Å². The summed E-state index contributed by atoms with van der Waals surface area (Å²) in [7, 11) is 0. The van der Waals surface area contributed by atoms with Gasteiger partial charge in [-0.3, -0.25) is 9.59 Å². The van der Waals surface area contributed by atoms with Crippen molar-refractivity contribution in [3.8, 4) is 0 Å². The standard InChI is InChI=1S/C17H32O4/c1-5-6-7-8-12-20-16(18)10-9-11-17(19)21-15(4)13-14(2)3/h14-15H,5-13H2,1-4H3. The highest BCUT2D eigenvalue weighted by Crippen LogP contribution is 2.09. The monoisotopic (exact) mass is 300 g/mol. The molecule has 0 aliphatic carbocycles. The Kier molecular flexibility index (Phi) is 12.0. The van der Waals surface area contributed by atoms with Crippen molar-refractivity contribution in [2.75, 3.05) is 6.61 Å². The number of carbonyl (C=O) groups is 2. The molecule has 0 aromatic heterocycles. The molecule has 0 bridgehead atoms. The van der Waals surface area contributed by atoms with Crippen LogP contribution in [0.5, 0.6) is 0 Å². The molecule has 0 saturated heterocycles. The van der Waals surface area contributed by atoms with Crippen LogP contribution < -0.4 is 0 Å². The average molecular weight is 300 g/mol. The molecule has 1 unspecified atom stereocenters. The van der Waals surface area contributed by atoms with Gasteiger partial charge in [0.05, 0.1) is 12.7 Å². The quantitative estimate of drug-likeness (QED) is 0.399. The first-order valence-corrected chi connectivity index (χ1v) is 8.30. The number of esters is 2. The summed E-state index contributed by atoms with van der Waals surface area (Å²) in [6.07, 6.45) is 6.27. The maximum atomic E-state index is 11.6. The fraction of sp³-hybridized carbons (Fsp3) is 0.882. The van der Waals surface area contributed by atoms with Crippen molar-refractivity contribution in [1.82, 2.24) is 0 Å². The maximum Gasteiger partial charge on any atom is 0.306 e. The van der Waals surface area contributed by atoms with Crippen molar-refractivity contribution < 1.29 is 19.1 Å². The number of rotatable bonds is 12. The summed E-state index contributed by atoms with van der Waals surface area (Å²) in [6, 6.07) is 0. The molecule has 0 aliphatic rings. The van der Waals surface area contributed by atoms with Gasteiger partial charge in [-0.25, -0.2) is 0 Å². The van der Waals surface area contributed by atoms with Gasteiger partial charge in [-0.05, 0) is 32.1 Å². The van der Waals surface area contributed by atoms with Crippen LogP contribution in [0.15, 0.2) is 0 Å². The smallest absolute Gasteiger partial charge is 0.306 e. The van der Waals surface area contributed by atoms with Gasteiger partial charge in [0.25, 0.3) is 0 Å². The highest BCUT2D eigenvalue weighted by molar-refractivity contribution is 5.72. The summed E-state index contributed by atoms with van der Waals surface area (Å²) in [6.45, 7) is 8.74. The van der Waals surface area contributed by atoms with Crippen LogP contribution in [0.1, 0.15) is 79.1 Å². The highest BCUT2D eigenvalue weighted by Gasteiger charge is 2.12. The predicted molar refractivity (Wildman–Crippen MR) is 84.0 cm³/mol. The van der Waals surface area contributed by atoms with Crippen LogP contribution in [-0.2, 0) is 19.1 Å². The molecule has 0 aromatic carbocycles. The summed E-state index contributed by atoms with van der Waals surface area (Å²) < 4.78 is 10.4. The molecule has 1 atom stereocenters. The lowest BCUT2D eigenvalue weighted by Crippen LogP contribution is -2.17. The Hall–Kier alpha value is -1.06. The number of hydrogen-bond acceptors (Lipinski definition) is 4. The number of carbonyl (C=O) groups excluding carboxylic acids is 2. The Balaban J connectivity index is 3.55. The van der Waals surface area contributed by atoms with Gasteiger partial charge in [0, 0.05) is 12.8 Å². The summed E-state index contributed by atoms with van der Waals surface area (Å²) in [5.74, 6) is 0.0731. The second-order valence-electron chi connectivity index (χ2n) is 6.06. The lowest BCUT2D eigenvalue weighted by Gasteiger charge is -2.15. The van der Waals surface area contributed by atoms with Crippen molar-refractivity contribution in [3.05, 3.63) is 0 Å². The molecule has 21 heavy (non-hydrogen) atoms. The van der Waals surface area contributed by atoms with Crippen molar-refractivity contribution in [1.29, 1.82) is 0 Å². The fourth-order valence-electron chi connectivity index (χ4n) is 2.16. The molecule has 0 aromatic rings. The van der Waals surface area contributed by atoms with Gasteiger partial charge in [-0.15, -0.1) is 0 Å². The first kappa shape index (κ1) is 19.9. The molecular weight excluding hydrogens is 268 g/mol. The minimum absolute atomic E-state index is 0.0528. The average Bonchev–Trinajstić information content (AvgIpc) is 2.37. The van der Waals surface area contributed by atoms with E-state index in [0.717, 1.165) is 19.3 Å². The number of hydrogen-bond donors (Lipinski definition) is 0. The molecule has 124 valence electrons. The topological polar surface area (TPSA) is 52.6 Å². The van der Waals surface area contributed by atoms with Crippen LogP contribution in [0.2, 0.25) is 0 Å². The minimum atomic E-state index is -0.223. The third-order valence-electron chi connectivity index (χ3n) is 3.16. The molecule has 0 radical (unpaired) electrons. The van der Waals surface area contributed by atoms with Crippen LogP contribution >= 0.6 is 0 Å². The van der Waals surface area contributed by atoms with E-state index in [1.165, 1.54) is 12.8 Å². The van der Waals surface area contributed by atoms with Gasteiger partial charge >= 0.3 is 11.9 Å². The predicted octanol–water partition coefficient (Wildman–Crippen LogP) is 4.26. The van der Waals surface area contributed by atoms with E-state index in [-0.39, 0.29) is 24.5 Å². The zero-order valence-corrected chi connectivity index (χ0v) is 14.2. The summed E-state index contributed by atoms with van der Waals surface area (Å²) in [5.41, 5.74) is 0. The van der Waals surface area contributed by atoms with Crippen LogP contribution in [0.4, 0.5) is 0 Å². The van der Waals surface area contributed by atoms with E-state index in [0.29, 0.717) is 25.4 Å². The maximum absolute atomic E-state index is 11.6. The Morgan fingerprint density at radius 2 is 1.57 bits per heavy atom. The van der Waals surface area contributed by atoms with E-state index >= 15 is 0 Å². The Morgan fingerprint density at radius 3 is 2.19 bits per heavy atom. The van der Waals surface area contributed by atoms with Crippen molar-refractivity contribution in [3.63, 3.8) is 0 Å². The molecular formula is C17H32O4. The van der Waals surface area contributed by atoms with Crippen molar-refractivity contribution in [2.24, 2.45) is 5.92 Å². The lowest BCUT2D eigenvalue weighted by atomic mass is 10.1. The van der Waals surface area contributed by atoms with E-state index in [9.17, 15) is 9.59 Å². The Morgan fingerprint density at radius 1 is 0.905 bits per heavy atom. The summed E-state index contributed by atoms with van der Waals surface area (Å²) >= 11 is 0. The van der Waals surface area contributed by atoms with Gasteiger partial charge < -0.3 is 9.47 Å². The zero-order valence-electron chi connectivity index (χ0n) is 14.2. The molecule has 0 amide bonds. The summed E-state index contributed by atoms with van der Waals surface area (Å²) in [4.78, 5) is 23.0. The minimum Gasteiger partial charge on any atom is -0.466 e. The normalized spacial score (nSPS) is 12.2. The largest absolute Gasteiger partial charge is 0.466 e. The third-order valence-corrected chi connectivity index (χ3v) is 3.16. The van der Waals surface area contributed by atoms with Crippen LogP contribution in [0.25, 0.3) is 0 Å². The van der Waals surface area contributed by atoms with E-state index in [4.69, 9.17) is 9.47 Å². The first-order chi connectivity index (χ1) is 9.95. The molecule has 4 nitrogen and oxygen atoms in total. The number of unbranched alkanes of at least 4 members (excludes halogenated alkanes) is 3. The molecule has 0 heterocycles. The molecule has 0 N–H and O–H groups in total. The van der Waals surface area contributed by atoms with E-state index in [1.807, 2.05) is 6.92 Å². The highest BCUT2D eigenvalue weighted by atomic mass is 16.5. The second kappa shape index (κ2) is 12.7. The van der Waals surface area contributed by atoms with Crippen LogP contribution in [-0.4, -0.2) is 24.6 Å². The SMILES string of the molecule is CCCCCCOC(=O)CCCC(=O)OC(C)CC(C)C. The van der Waals surface area contributed by atoms with Gasteiger partial charge in [0.2, 0.25) is 0 Å². The van der Waals surface area contributed by atoms with Crippen molar-refractivity contribution in [2.45, 2.75) is 85.2 Å². The van der Waals surface area contributed by atoms with Crippen LogP contribution in [0, 0.1) is 5.92 Å². The Labute approximate surface area is 129 Å². The van der Waals surface area contributed by atoms with Crippen molar-refractivity contribution >= 4 is 11.9 Å². The van der Waals surface area contributed by atoms with Gasteiger partial charge in [0.15, 0.2) is 0 Å². The second-order valence-corrected chi connectivity index (χ2v) is 6.06. The fourth-order valence-corrected chi connectivity index (χ4v) is 2.16. The molecule has 0 spiro atoms. The first-order valence-electron chi connectivity index (χ1n) is 8.30. The zero-order chi connectivity index (χ0) is 16.1. The molecule has 0 rings (SSSR count). The van der Waals surface area contributed by atoms with Gasteiger partial charge in [-0.1, -0.05) is 40.0 Å². The third kappa shape index (κ3) is 13.7. The molecule has 0 fully saturated rings.